The third-order valence-corrected chi connectivity index (χ3v) is 5.35. The van der Waals surface area contributed by atoms with Crippen LogP contribution in [-0.2, 0) is 0 Å². The Hall–Kier alpha value is -3.33. The molecule has 0 saturated carbocycles. The largest absolute Gasteiger partial charge is 0.495 e. The van der Waals surface area contributed by atoms with Gasteiger partial charge in [-0.3, -0.25) is 15.0 Å². The van der Waals surface area contributed by atoms with Crippen LogP contribution in [0.3, 0.4) is 0 Å². The van der Waals surface area contributed by atoms with Crippen LogP contribution < -0.4 is 25.0 Å². The number of ether oxygens (including phenoxy) is 2. The van der Waals surface area contributed by atoms with Gasteiger partial charge in [0.05, 0.1) is 24.6 Å². The number of anilines is 2. The summed E-state index contributed by atoms with van der Waals surface area (Å²) in [6.07, 6.45) is 0. The summed E-state index contributed by atoms with van der Waals surface area (Å²) in [7, 11) is 3.11. The van der Waals surface area contributed by atoms with Gasteiger partial charge in [0.15, 0.2) is 5.13 Å². The highest BCUT2D eigenvalue weighted by atomic mass is 32.1. The van der Waals surface area contributed by atoms with E-state index in [9.17, 15) is 9.59 Å². The van der Waals surface area contributed by atoms with Crippen molar-refractivity contribution in [3.8, 4) is 11.5 Å². The molecule has 0 radical (unpaired) electrons. The Bertz CT molecular complexity index is 1070. The van der Waals surface area contributed by atoms with Crippen molar-refractivity contribution in [2.45, 2.75) is 0 Å². The van der Waals surface area contributed by atoms with Crippen molar-refractivity contribution in [3.05, 3.63) is 42.0 Å². The molecule has 8 nitrogen and oxygen atoms in total. The average molecular weight is 398 g/mol. The number of nitrogens with zero attached hydrogens (tertiary/aromatic N) is 2. The van der Waals surface area contributed by atoms with Gasteiger partial charge < -0.3 is 14.8 Å². The Morgan fingerprint density at radius 3 is 2.75 bits per heavy atom. The van der Waals surface area contributed by atoms with Crippen LogP contribution in [0.4, 0.5) is 15.6 Å². The number of para-hydroxylation sites is 1. The van der Waals surface area contributed by atoms with Crippen LogP contribution in [0, 0.1) is 0 Å². The molecule has 0 unspecified atom stereocenters. The standard InChI is InChI=1S/C19H18N4O4S/c1-26-13-7-6-11(10-12(13)23-9-8-20-19(23)25)17(24)22-18-21-16-14(27-2)4-3-5-15(16)28-18/h3-7,10H,8-9H2,1-2H3,(H,20,25)(H,21,22,24). The summed E-state index contributed by atoms with van der Waals surface area (Å²) in [6, 6.07) is 10.4. The van der Waals surface area contributed by atoms with E-state index in [0.717, 1.165) is 4.70 Å². The molecule has 0 atom stereocenters. The summed E-state index contributed by atoms with van der Waals surface area (Å²) in [6.45, 7) is 1.06. The normalized spacial score (nSPS) is 13.5. The van der Waals surface area contributed by atoms with Crippen molar-refractivity contribution in [2.75, 3.05) is 37.5 Å². The molecule has 2 aromatic carbocycles. The molecular formula is C19H18N4O4S. The van der Waals surface area contributed by atoms with Gasteiger partial charge >= 0.3 is 6.03 Å². The van der Waals surface area contributed by atoms with Crippen molar-refractivity contribution >= 4 is 44.3 Å². The van der Waals surface area contributed by atoms with Gasteiger partial charge in [-0.25, -0.2) is 9.78 Å². The second kappa shape index (κ2) is 7.35. The smallest absolute Gasteiger partial charge is 0.322 e. The van der Waals surface area contributed by atoms with Crippen molar-refractivity contribution in [3.63, 3.8) is 0 Å². The van der Waals surface area contributed by atoms with Gasteiger partial charge in [0.2, 0.25) is 0 Å². The van der Waals surface area contributed by atoms with Gasteiger partial charge in [-0.15, -0.1) is 0 Å². The highest BCUT2D eigenvalue weighted by Gasteiger charge is 2.25. The molecule has 0 bridgehead atoms. The van der Waals surface area contributed by atoms with Gasteiger partial charge in [-0.05, 0) is 30.3 Å². The molecule has 2 heterocycles. The third kappa shape index (κ3) is 3.20. The predicted molar refractivity (Wildman–Crippen MR) is 108 cm³/mol. The van der Waals surface area contributed by atoms with Crippen LogP contribution in [0.15, 0.2) is 36.4 Å². The van der Waals surface area contributed by atoms with E-state index in [1.165, 1.54) is 18.4 Å². The summed E-state index contributed by atoms with van der Waals surface area (Å²) >= 11 is 1.37. The molecule has 1 aromatic heterocycles. The maximum atomic E-state index is 12.8. The molecule has 144 valence electrons. The summed E-state index contributed by atoms with van der Waals surface area (Å²) in [5.74, 6) is 0.862. The van der Waals surface area contributed by atoms with Crippen molar-refractivity contribution in [2.24, 2.45) is 0 Å². The molecule has 4 rings (SSSR count). The van der Waals surface area contributed by atoms with Crippen LogP contribution in [0.5, 0.6) is 11.5 Å². The van der Waals surface area contributed by atoms with Crippen LogP contribution in [0.2, 0.25) is 0 Å². The maximum Gasteiger partial charge on any atom is 0.322 e. The molecule has 1 aliphatic heterocycles. The number of fused-ring (bicyclic) bond motifs is 1. The highest BCUT2D eigenvalue weighted by Crippen LogP contribution is 2.33. The molecule has 3 aromatic rings. The molecule has 0 spiro atoms. The fourth-order valence-corrected chi connectivity index (χ4v) is 3.93. The fraction of sp³-hybridized carbons (Fsp3) is 0.211. The number of nitrogens with one attached hydrogen (secondary N) is 2. The van der Waals surface area contributed by atoms with E-state index in [0.29, 0.717) is 46.5 Å². The number of urea groups is 1. The number of benzene rings is 2. The number of rotatable bonds is 5. The monoisotopic (exact) mass is 398 g/mol. The summed E-state index contributed by atoms with van der Waals surface area (Å²) in [5.41, 5.74) is 1.66. The molecule has 0 aliphatic carbocycles. The first kappa shape index (κ1) is 18.1. The quantitative estimate of drug-likeness (QED) is 0.689. The zero-order valence-corrected chi connectivity index (χ0v) is 16.1. The highest BCUT2D eigenvalue weighted by molar-refractivity contribution is 7.22. The molecule has 9 heteroatoms. The SMILES string of the molecule is COc1ccc(C(=O)Nc2nc3c(OC)cccc3s2)cc1N1CCNC1=O. The predicted octanol–water partition coefficient (Wildman–Crippen LogP) is 3.10. The number of hydrogen-bond acceptors (Lipinski definition) is 6. The van der Waals surface area contributed by atoms with Gasteiger partial charge in [-0.2, -0.15) is 0 Å². The van der Waals surface area contributed by atoms with Crippen LogP contribution in [-0.4, -0.2) is 44.2 Å². The topological polar surface area (TPSA) is 92.8 Å². The zero-order valence-electron chi connectivity index (χ0n) is 15.3. The van der Waals surface area contributed by atoms with Crippen LogP contribution in [0.1, 0.15) is 10.4 Å². The van der Waals surface area contributed by atoms with E-state index in [2.05, 4.69) is 15.6 Å². The Labute approximate surface area is 165 Å². The Morgan fingerprint density at radius 1 is 1.21 bits per heavy atom. The zero-order chi connectivity index (χ0) is 19.7. The number of carbonyl (C=O) groups is 2. The summed E-state index contributed by atoms with van der Waals surface area (Å²) < 4.78 is 11.6. The maximum absolute atomic E-state index is 12.8. The third-order valence-electron chi connectivity index (χ3n) is 4.41. The van der Waals surface area contributed by atoms with Gasteiger partial charge in [0, 0.05) is 18.7 Å². The minimum Gasteiger partial charge on any atom is -0.495 e. The molecule has 2 N–H and O–H groups in total. The van der Waals surface area contributed by atoms with Crippen molar-refractivity contribution in [1.82, 2.24) is 10.3 Å². The minimum absolute atomic E-state index is 0.214. The minimum atomic E-state index is -0.318. The first-order chi connectivity index (χ1) is 13.6. The van der Waals surface area contributed by atoms with E-state index in [4.69, 9.17) is 9.47 Å². The first-order valence-corrected chi connectivity index (χ1v) is 9.40. The average Bonchev–Trinajstić information content (AvgIpc) is 3.32. The lowest BCUT2D eigenvalue weighted by molar-refractivity contribution is 0.102. The molecule has 1 fully saturated rings. The molecule has 1 aliphatic rings. The molecular weight excluding hydrogens is 380 g/mol. The fourth-order valence-electron chi connectivity index (χ4n) is 3.05. The number of aromatic nitrogens is 1. The van der Waals surface area contributed by atoms with Gasteiger partial charge in [-0.1, -0.05) is 17.4 Å². The van der Waals surface area contributed by atoms with E-state index in [1.807, 2.05) is 18.2 Å². The van der Waals surface area contributed by atoms with E-state index < -0.39 is 0 Å². The number of carbonyl (C=O) groups excluding carboxylic acids is 2. The lowest BCUT2D eigenvalue weighted by Crippen LogP contribution is -2.28. The van der Waals surface area contributed by atoms with Crippen molar-refractivity contribution in [1.29, 1.82) is 0 Å². The summed E-state index contributed by atoms with van der Waals surface area (Å²) in [4.78, 5) is 30.8. The van der Waals surface area contributed by atoms with Crippen LogP contribution >= 0.6 is 11.3 Å². The Morgan fingerprint density at radius 2 is 2.04 bits per heavy atom. The lowest BCUT2D eigenvalue weighted by atomic mass is 10.1. The first-order valence-electron chi connectivity index (χ1n) is 8.59. The number of amides is 3. The van der Waals surface area contributed by atoms with Gasteiger partial charge in [0.25, 0.3) is 5.91 Å². The Balaban J connectivity index is 1.62. The van der Waals surface area contributed by atoms with Crippen molar-refractivity contribution < 1.29 is 19.1 Å². The molecule has 1 saturated heterocycles. The number of thiazole rings is 1. The molecule has 28 heavy (non-hydrogen) atoms. The van der Waals surface area contributed by atoms with Crippen LogP contribution in [0.25, 0.3) is 10.2 Å². The second-order valence-corrected chi connectivity index (χ2v) is 7.08. The Kier molecular flexibility index (Phi) is 4.74. The number of methoxy groups -OCH3 is 2. The lowest BCUT2D eigenvalue weighted by Gasteiger charge is -2.18. The van der Waals surface area contributed by atoms with E-state index >= 15 is 0 Å². The second-order valence-electron chi connectivity index (χ2n) is 6.05. The molecule has 3 amide bonds. The van der Waals surface area contributed by atoms with Gasteiger partial charge in [0.1, 0.15) is 17.0 Å². The van der Waals surface area contributed by atoms with E-state index in [1.54, 1.807) is 30.2 Å². The number of hydrogen-bond donors (Lipinski definition) is 2. The van der Waals surface area contributed by atoms with E-state index in [-0.39, 0.29) is 11.9 Å². The summed E-state index contributed by atoms with van der Waals surface area (Å²) in [5, 5.41) is 6.04.